The SMILES string of the molecule is COc1cccc2c1NCC2C1CCCC(C)C1. The van der Waals surface area contributed by atoms with E-state index in [1.54, 1.807) is 7.11 Å². The van der Waals surface area contributed by atoms with E-state index in [4.69, 9.17) is 4.74 Å². The van der Waals surface area contributed by atoms with E-state index in [1.165, 1.54) is 36.9 Å². The van der Waals surface area contributed by atoms with E-state index in [1.807, 2.05) is 0 Å². The molecule has 1 heterocycles. The number of fused-ring (bicyclic) bond motifs is 1. The molecule has 1 aliphatic heterocycles. The van der Waals surface area contributed by atoms with Crippen LogP contribution in [0.3, 0.4) is 0 Å². The van der Waals surface area contributed by atoms with Gasteiger partial charge in [0.1, 0.15) is 5.75 Å². The Morgan fingerprint density at radius 3 is 2.94 bits per heavy atom. The van der Waals surface area contributed by atoms with Gasteiger partial charge in [0.2, 0.25) is 0 Å². The molecule has 18 heavy (non-hydrogen) atoms. The first kappa shape index (κ1) is 11.9. The second-order valence-electron chi connectivity index (χ2n) is 5.94. The first-order valence-electron chi connectivity index (χ1n) is 7.20. The molecule has 0 spiro atoms. The van der Waals surface area contributed by atoms with Crippen LogP contribution >= 0.6 is 0 Å². The van der Waals surface area contributed by atoms with Gasteiger partial charge in [-0.3, -0.25) is 0 Å². The molecule has 3 rings (SSSR count). The number of nitrogens with one attached hydrogen (secondary N) is 1. The number of anilines is 1. The Labute approximate surface area is 110 Å². The molecule has 2 nitrogen and oxygen atoms in total. The Morgan fingerprint density at radius 1 is 1.28 bits per heavy atom. The molecule has 2 heteroatoms. The van der Waals surface area contributed by atoms with Crippen LogP contribution in [0.25, 0.3) is 0 Å². The van der Waals surface area contributed by atoms with Crippen molar-refractivity contribution in [3.8, 4) is 5.75 Å². The van der Waals surface area contributed by atoms with Gasteiger partial charge in [-0.05, 0) is 36.3 Å². The van der Waals surface area contributed by atoms with Gasteiger partial charge < -0.3 is 10.1 Å². The van der Waals surface area contributed by atoms with Crippen LogP contribution in [0, 0.1) is 11.8 Å². The zero-order valence-corrected chi connectivity index (χ0v) is 11.4. The summed E-state index contributed by atoms with van der Waals surface area (Å²) >= 11 is 0. The maximum atomic E-state index is 5.45. The summed E-state index contributed by atoms with van der Waals surface area (Å²) in [5.74, 6) is 3.45. The summed E-state index contributed by atoms with van der Waals surface area (Å²) in [4.78, 5) is 0. The van der Waals surface area contributed by atoms with Gasteiger partial charge in [0.15, 0.2) is 0 Å². The van der Waals surface area contributed by atoms with Crippen LogP contribution in [0.1, 0.15) is 44.1 Å². The average molecular weight is 245 g/mol. The topological polar surface area (TPSA) is 21.3 Å². The summed E-state index contributed by atoms with van der Waals surface area (Å²) < 4.78 is 5.45. The first-order chi connectivity index (χ1) is 8.79. The minimum Gasteiger partial charge on any atom is -0.495 e. The molecule has 0 saturated heterocycles. The van der Waals surface area contributed by atoms with E-state index in [2.05, 4.69) is 30.4 Å². The second-order valence-corrected chi connectivity index (χ2v) is 5.94. The molecule has 1 aromatic carbocycles. The van der Waals surface area contributed by atoms with Crippen molar-refractivity contribution in [2.75, 3.05) is 19.0 Å². The lowest BCUT2D eigenvalue weighted by Gasteiger charge is -2.31. The van der Waals surface area contributed by atoms with E-state index in [0.29, 0.717) is 5.92 Å². The molecule has 1 N–H and O–H groups in total. The van der Waals surface area contributed by atoms with Crippen molar-refractivity contribution in [1.82, 2.24) is 0 Å². The molecule has 0 bridgehead atoms. The lowest BCUT2D eigenvalue weighted by molar-refractivity contribution is 0.253. The molecule has 0 aromatic heterocycles. The first-order valence-corrected chi connectivity index (χ1v) is 7.20. The zero-order chi connectivity index (χ0) is 12.5. The van der Waals surface area contributed by atoms with E-state index >= 15 is 0 Å². The smallest absolute Gasteiger partial charge is 0.142 e. The minimum atomic E-state index is 0.692. The van der Waals surface area contributed by atoms with Gasteiger partial charge >= 0.3 is 0 Å². The summed E-state index contributed by atoms with van der Waals surface area (Å²) in [6.45, 7) is 3.49. The van der Waals surface area contributed by atoms with Crippen LogP contribution in [0.5, 0.6) is 5.75 Å². The molecule has 2 aliphatic rings. The average Bonchev–Trinajstić information content (AvgIpc) is 2.82. The highest BCUT2D eigenvalue weighted by Gasteiger charge is 2.33. The van der Waals surface area contributed by atoms with Gasteiger partial charge in [-0.2, -0.15) is 0 Å². The number of para-hydroxylation sites is 1. The lowest BCUT2D eigenvalue weighted by Crippen LogP contribution is -2.21. The predicted octanol–water partition coefficient (Wildman–Crippen LogP) is 4.03. The highest BCUT2D eigenvalue weighted by molar-refractivity contribution is 5.67. The maximum Gasteiger partial charge on any atom is 0.142 e. The van der Waals surface area contributed by atoms with E-state index in [0.717, 1.165) is 24.1 Å². The third-order valence-corrected chi connectivity index (χ3v) is 4.72. The van der Waals surface area contributed by atoms with Crippen LogP contribution in [-0.2, 0) is 0 Å². The number of methoxy groups -OCH3 is 1. The predicted molar refractivity (Wildman–Crippen MR) is 75.3 cm³/mol. The third kappa shape index (κ3) is 1.98. The fourth-order valence-electron chi connectivity index (χ4n) is 3.81. The molecule has 1 fully saturated rings. The molecule has 1 aromatic rings. The standard InChI is InChI=1S/C16H23NO/c1-11-5-3-6-12(9-11)14-10-17-16-13(14)7-4-8-15(16)18-2/h4,7-8,11-12,14,17H,3,5-6,9-10H2,1-2H3. The molecule has 98 valence electrons. The summed E-state index contributed by atoms with van der Waals surface area (Å²) in [5, 5.41) is 3.56. The normalized spacial score (nSPS) is 30.7. The molecular weight excluding hydrogens is 222 g/mol. The number of benzene rings is 1. The number of hydrogen-bond acceptors (Lipinski definition) is 2. The van der Waals surface area contributed by atoms with Gasteiger partial charge in [0.25, 0.3) is 0 Å². The van der Waals surface area contributed by atoms with Crippen LogP contribution in [0.2, 0.25) is 0 Å². The van der Waals surface area contributed by atoms with Crippen LogP contribution < -0.4 is 10.1 Å². The maximum absolute atomic E-state index is 5.45. The van der Waals surface area contributed by atoms with Gasteiger partial charge in [-0.25, -0.2) is 0 Å². The van der Waals surface area contributed by atoms with Crippen molar-refractivity contribution in [3.05, 3.63) is 23.8 Å². The fourth-order valence-corrected chi connectivity index (χ4v) is 3.81. The Morgan fingerprint density at radius 2 is 2.17 bits per heavy atom. The highest BCUT2D eigenvalue weighted by Crippen LogP contribution is 2.46. The minimum absolute atomic E-state index is 0.692. The Hall–Kier alpha value is -1.18. The van der Waals surface area contributed by atoms with Crippen molar-refractivity contribution in [2.24, 2.45) is 11.8 Å². The van der Waals surface area contributed by atoms with Crippen LogP contribution in [0.15, 0.2) is 18.2 Å². The number of rotatable bonds is 2. The number of ether oxygens (including phenoxy) is 1. The summed E-state index contributed by atoms with van der Waals surface area (Å²) in [5.41, 5.74) is 2.72. The third-order valence-electron chi connectivity index (χ3n) is 4.72. The molecule has 0 radical (unpaired) electrons. The quantitative estimate of drug-likeness (QED) is 0.849. The van der Waals surface area contributed by atoms with Crippen LogP contribution in [-0.4, -0.2) is 13.7 Å². The van der Waals surface area contributed by atoms with Gasteiger partial charge in [0.05, 0.1) is 12.8 Å². The Balaban J connectivity index is 1.86. The molecule has 0 amide bonds. The van der Waals surface area contributed by atoms with Gasteiger partial charge in [0, 0.05) is 12.5 Å². The Kier molecular flexibility index (Phi) is 3.19. The fraction of sp³-hybridized carbons (Fsp3) is 0.625. The van der Waals surface area contributed by atoms with Gasteiger partial charge in [-0.15, -0.1) is 0 Å². The Bertz CT molecular complexity index is 429. The largest absolute Gasteiger partial charge is 0.495 e. The van der Waals surface area contributed by atoms with Crippen molar-refractivity contribution >= 4 is 5.69 Å². The van der Waals surface area contributed by atoms with Crippen molar-refractivity contribution in [1.29, 1.82) is 0 Å². The summed E-state index contributed by atoms with van der Waals surface area (Å²) in [6, 6.07) is 6.46. The van der Waals surface area contributed by atoms with E-state index in [-0.39, 0.29) is 0 Å². The second kappa shape index (κ2) is 4.83. The van der Waals surface area contributed by atoms with Gasteiger partial charge in [-0.1, -0.05) is 31.9 Å². The van der Waals surface area contributed by atoms with Crippen LogP contribution in [0.4, 0.5) is 5.69 Å². The summed E-state index contributed by atoms with van der Waals surface area (Å²) in [7, 11) is 1.76. The van der Waals surface area contributed by atoms with Crippen molar-refractivity contribution in [3.63, 3.8) is 0 Å². The van der Waals surface area contributed by atoms with E-state index < -0.39 is 0 Å². The molecule has 3 atom stereocenters. The summed E-state index contributed by atoms with van der Waals surface area (Å²) in [6.07, 6.45) is 5.61. The van der Waals surface area contributed by atoms with E-state index in [9.17, 15) is 0 Å². The molecular formula is C16H23NO. The molecule has 1 aliphatic carbocycles. The number of hydrogen-bond donors (Lipinski definition) is 1. The molecule has 3 unspecified atom stereocenters. The molecule has 1 saturated carbocycles. The monoisotopic (exact) mass is 245 g/mol. The van der Waals surface area contributed by atoms with Crippen molar-refractivity contribution < 1.29 is 4.74 Å². The highest BCUT2D eigenvalue weighted by atomic mass is 16.5. The lowest BCUT2D eigenvalue weighted by atomic mass is 9.74. The zero-order valence-electron chi connectivity index (χ0n) is 11.4. The van der Waals surface area contributed by atoms with Crippen molar-refractivity contribution in [2.45, 2.75) is 38.5 Å².